The number of likely N-dealkylation sites (tertiary alicyclic amines) is 1. The Balaban J connectivity index is 1.96. The number of hydrogen-bond acceptors (Lipinski definition) is 3. The van der Waals surface area contributed by atoms with Crippen LogP contribution in [-0.4, -0.2) is 42.2 Å². The van der Waals surface area contributed by atoms with Crippen LogP contribution in [0.3, 0.4) is 0 Å². The number of nitrogens with zero attached hydrogens (tertiary/aromatic N) is 1. The summed E-state index contributed by atoms with van der Waals surface area (Å²) in [6.45, 7) is 2.41. The Kier molecular flexibility index (Phi) is 6.10. The first-order chi connectivity index (χ1) is 11.3. The molecule has 0 radical (unpaired) electrons. The molecule has 1 aliphatic heterocycles. The summed E-state index contributed by atoms with van der Waals surface area (Å²) in [6.07, 6.45) is -3.82. The van der Waals surface area contributed by atoms with Gasteiger partial charge in [-0.15, -0.1) is 0 Å². The van der Waals surface area contributed by atoms with E-state index in [4.69, 9.17) is 10.5 Å². The summed E-state index contributed by atoms with van der Waals surface area (Å²) in [6, 6.07) is 5.11. The van der Waals surface area contributed by atoms with Gasteiger partial charge in [0.1, 0.15) is 11.8 Å². The maximum absolute atomic E-state index is 13.1. The molecule has 1 aromatic rings. The fraction of sp³-hybridized carbons (Fsp3) is 0.588. The molecule has 0 aliphatic carbocycles. The van der Waals surface area contributed by atoms with Crippen LogP contribution < -0.4 is 10.5 Å². The number of carbonyl (C=O) groups is 1. The molecule has 1 aliphatic rings. The second-order valence-corrected chi connectivity index (χ2v) is 6.02. The van der Waals surface area contributed by atoms with E-state index >= 15 is 0 Å². The zero-order valence-corrected chi connectivity index (χ0v) is 13.7. The second kappa shape index (κ2) is 7.88. The first-order valence-electron chi connectivity index (χ1n) is 8.14. The molecule has 1 heterocycles. The summed E-state index contributed by atoms with van der Waals surface area (Å²) in [5.74, 6) is 0.230. The Morgan fingerprint density at radius 3 is 2.54 bits per heavy atom. The van der Waals surface area contributed by atoms with Crippen LogP contribution in [0.1, 0.15) is 31.7 Å². The van der Waals surface area contributed by atoms with Gasteiger partial charge in [-0.1, -0.05) is 12.1 Å². The summed E-state index contributed by atoms with van der Waals surface area (Å²) >= 11 is 0. The van der Waals surface area contributed by atoms with Crippen LogP contribution in [0.15, 0.2) is 24.3 Å². The molecular formula is C17H23F3N2O2. The van der Waals surface area contributed by atoms with Gasteiger partial charge in [-0.2, -0.15) is 13.2 Å². The molecule has 0 aromatic heterocycles. The summed E-state index contributed by atoms with van der Waals surface area (Å²) in [5, 5.41) is 0. The van der Waals surface area contributed by atoms with Crippen molar-refractivity contribution in [2.75, 3.05) is 13.2 Å². The molecule has 2 atom stereocenters. The maximum Gasteiger partial charge on any atom is 0.408 e. The number of carbonyl (C=O) groups excluding carboxylic acids is 1. The zero-order chi connectivity index (χ0) is 17.7. The van der Waals surface area contributed by atoms with E-state index in [1.807, 2.05) is 19.1 Å². The molecule has 1 aromatic carbocycles. The van der Waals surface area contributed by atoms with Gasteiger partial charge in [0.2, 0.25) is 5.91 Å². The lowest BCUT2D eigenvalue weighted by atomic mass is 9.97. The Labute approximate surface area is 139 Å². The predicted octanol–water partition coefficient (Wildman–Crippen LogP) is 2.90. The van der Waals surface area contributed by atoms with Crippen molar-refractivity contribution < 1.29 is 22.7 Å². The molecule has 0 unspecified atom stereocenters. The van der Waals surface area contributed by atoms with Crippen LogP contribution in [0.5, 0.6) is 5.75 Å². The predicted molar refractivity (Wildman–Crippen MR) is 84.7 cm³/mol. The molecule has 24 heavy (non-hydrogen) atoms. The standard InChI is InChI=1S/C17H23F3N2O2/c1-2-24-14-7-3-12(4-8-14)5-10-16(23)22-11-13(21)6-9-15(22)17(18,19)20/h3-4,7-8,13,15H,2,5-6,9-11,21H2,1H3/t13-,15+/m1/s1. The highest BCUT2D eigenvalue weighted by Crippen LogP contribution is 2.32. The quantitative estimate of drug-likeness (QED) is 0.894. The van der Waals surface area contributed by atoms with Crippen LogP contribution in [0.4, 0.5) is 13.2 Å². The Hall–Kier alpha value is -1.76. The minimum Gasteiger partial charge on any atom is -0.494 e. The largest absolute Gasteiger partial charge is 0.494 e. The van der Waals surface area contributed by atoms with Crippen molar-refractivity contribution in [3.8, 4) is 5.75 Å². The van der Waals surface area contributed by atoms with E-state index < -0.39 is 24.2 Å². The number of ether oxygens (including phenoxy) is 1. The molecule has 1 fully saturated rings. The van der Waals surface area contributed by atoms with Crippen molar-refractivity contribution in [1.29, 1.82) is 0 Å². The molecule has 2 N–H and O–H groups in total. The van der Waals surface area contributed by atoms with Crippen LogP contribution in [0, 0.1) is 0 Å². The number of piperidine rings is 1. The molecule has 134 valence electrons. The number of rotatable bonds is 5. The summed E-state index contributed by atoms with van der Waals surface area (Å²) in [4.78, 5) is 13.2. The van der Waals surface area contributed by atoms with Crippen molar-refractivity contribution in [2.45, 2.75) is 50.9 Å². The smallest absolute Gasteiger partial charge is 0.408 e. The lowest BCUT2D eigenvalue weighted by molar-refractivity contribution is -0.196. The van der Waals surface area contributed by atoms with Gasteiger partial charge in [0.15, 0.2) is 0 Å². The van der Waals surface area contributed by atoms with Crippen LogP contribution in [-0.2, 0) is 11.2 Å². The van der Waals surface area contributed by atoms with Crippen LogP contribution >= 0.6 is 0 Å². The fourth-order valence-electron chi connectivity index (χ4n) is 2.93. The topological polar surface area (TPSA) is 55.6 Å². The van der Waals surface area contributed by atoms with Gasteiger partial charge in [-0.05, 0) is 43.9 Å². The average molecular weight is 344 g/mol. The van der Waals surface area contributed by atoms with E-state index in [0.717, 1.165) is 16.2 Å². The van der Waals surface area contributed by atoms with Gasteiger partial charge in [-0.3, -0.25) is 4.79 Å². The number of nitrogens with two attached hydrogens (primary N) is 1. The number of amides is 1. The Morgan fingerprint density at radius 1 is 1.29 bits per heavy atom. The summed E-state index contributed by atoms with van der Waals surface area (Å²) in [5.41, 5.74) is 6.63. The highest BCUT2D eigenvalue weighted by atomic mass is 19.4. The van der Waals surface area contributed by atoms with Crippen LogP contribution in [0.25, 0.3) is 0 Å². The first-order valence-corrected chi connectivity index (χ1v) is 8.14. The van der Waals surface area contributed by atoms with Crippen LogP contribution in [0.2, 0.25) is 0 Å². The normalized spacial score (nSPS) is 21.6. The molecule has 0 saturated carbocycles. The maximum atomic E-state index is 13.1. The highest BCUT2D eigenvalue weighted by Gasteiger charge is 2.47. The molecule has 0 bridgehead atoms. The Morgan fingerprint density at radius 2 is 1.96 bits per heavy atom. The first kappa shape index (κ1) is 18.6. The second-order valence-electron chi connectivity index (χ2n) is 6.02. The third-order valence-corrected chi connectivity index (χ3v) is 4.18. The molecule has 0 spiro atoms. The SMILES string of the molecule is CCOc1ccc(CCC(=O)N2C[C@H](N)CC[C@H]2C(F)(F)F)cc1. The van der Waals surface area contributed by atoms with Crippen molar-refractivity contribution >= 4 is 5.91 Å². The monoisotopic (exact) mass is 344 g/mol. The summed E-state index contributed by atoms with van der Waals surface area (Å²) < 4.78 is 44.7. The van der Waals surface area contributed by atoms with Gasteiger partial charge < -0.3 is 15.4 Å². The summed E-state index contributed by atoms with van der Waals surface area (Å²) in [7, 11) is 0. The van der Waals surface area contributed by atoms with Crippen molar-refractivity contribution in [1.82, 2.24) is 4.90 Å². The van der Waals surface area contributed by atoms with Crippen molar-refractivity contribution in [3.63, 3.8) is 0 Å². The van der Waals surface area contributed by atoms with E-state index in [0.29, 0.717) is 13.0 Å². The van der Waals surface area contributed by atoms with E-state index in [1.165, 1.54) is 0 Å². The van der Waals surface area contributed by atoms with Gasteiger partial charge >= 0.3 is 6.18 Å². The van der Waals surface area contributed by atoms with E-state index in [-0.39, 0.29) is 25.8 Å². The van der Waals surface area contributed by atoms with Gasteiger partial charge in [0.25, 0.3) is 0 Å². The molecule has 2 rings (SSSR count). The number of halogens is 3. The molecule has 7 heteroatoms. The third kappa shape index (κ3) is 4.87. The zero-order valence-electron chi connectivity index (χ0n) is 13.7. The van der Waals surface area contributed by atoms with Gasteiger partial charge in [-0.25, -0.2) is 0 Å². The van der Waals surface area contributed by atoms with Gasteiger partial charge in [0.05, 0.1) is 6.61 Å². The average Bonchev–Trinajstić information content (AvgIpc) is 2.53. The van der Waals surface area contributed by atoms with E-state index in [2.05, 4.69) is 0 Å². The third-order valence-electron chi connectivity index (χ3n) is 4.18. The highest BCUT2D eigenvalue weighted by molar-refractivity contribution is 5.77. The van der Waals surface area contributed by atoms with Crippen molar-refractivity contribution in [3.05, 3.63) is 29.8 Å². The Bertz CT molecular complexity index is 546. The number of alkyl halides is 3. The van der Waals surface area contributed by atoms with E-state index in [9.17, 15) is 18.0 Å². The molecule has 1 amide bonds. The molecule has 4 nitrogen and oxygen atoms in total. The molecular weight excluding hydrogens is 321 g/mol. The number of hydrogen-bond donors (Lipinski definition) is 1. The lowest BCUT2D eigenvalue weighted by Crippen LogP contribution is -2.56. The number of aryl methyl sites for hydroxylation is 1. The van der Waals surface area contributed by atoms with E-state index in [1.54, 1.807) is 12.1 Å². The minimum absolute atomic E-state index is 0.0350. The lowest BCUT2D eigenvalue weighted by Gasteiger charge is -2.39. The van der Waals surface area contributed by atoms with Crippen molar-refractivity contribution in [2.24, 2.45) is 5.73 Å². The number of benzene rings is 1. The van der Waals surface area contributed by atoms with Gasteiger partial charge in [0, 0.05) is 19.0 Å². The molecule has 1 saturated heterocycles. The fourth-order valence-corrected chi connectivity index (χ4v) is 2.93. The minimum atomic E-state index is -4.41.